The fourth-order valence-corrected chi connectivity index (χ4v) is 12.7. The number of thioether (sulfide) groups is 1. The lowest BCUT2D eigenvalue weighted by Crippen LogP contribution is -2.35. The van der Waals surface area contributed by atoms with Crippen LogP contribution in [0, 0.1) is 23.7 Å². The summed E-state index contributed by atoms with van der Waals surface area (Å²) in [5, 5.41) is 1.97. The molecule has 3 fully saturated rings. The summed E-state index contributed by atoms with van der Waals surface area (Å²) in [5.41, 5.74) is 1.08. The molecule has 3 aliphatic rings. The Morgan fingerprint density at radius 1 is 0.950 bits per heavy atom. The molecule has 6 atom stereocenters. The molecule has 2 heteroatoms. The van der Waals surface area contributed by atoms with Crippen molar-refractivity contribution in [1.82, 2.24) is 0 Å². The molecule has 0 aromatic rings. The molecule has 1 saturated heterocycles. The minimum Gasteiger partial charge on any atom is -0.155 e. The van der Waals surface area contributed by atoms with Crippen molar-refractivity contribution in [3.63, 3.8) is 0 Å². The summed E-state index contributed by atoms with van der Waals surface area (Å²) in [4.78, 5) is 0. The van der Waals surface area contributed by atoms with Crippen LogP contribution in [0.1, 0.15) is 52.4 Å². The van der Waals surface area contributed by atoms with Crippen LogP contribution in [0.2, 0.25) is 25.2 Å². The van der Waals surface area contributed by atoms with Gasteiger partial charge in [0.15, 0.2) is 0 Å². The molecule has 0 aromatic carbocycles. The van der Waals surface area contributed by atoms with Crippen molar-refractivity contribution in [3.8, 4) is 0 Å². The van der Waals surface area contributed by atoms with Gasteiger partial charge in [-0.3, -0.25) is 0 Å². The van der Waals surface area contributed by atoms with Gasteiger partial charge in [-0.15, -0.1) is 0 Å². The SMILES string of the molecule is CC1CC2C(SC(C)C2C2CCCCC2)C1[Si](C)(C)C. The van der Waals surface area contributed by atoms with Crippen molar-refractivity contribution in [3.05, 3.63) is 0 Å². The quantitative estimate of drug-likeness (QED) is 0.559. The highest BCUT2D eigenvalue weighted by Crippen LogP contribution is 2.63. The lowest BCUT2D eigenvalue weighted by atomic mass is 9.72. The standard InChI is InChI=1S/C18H34SSi/c1-12-11-15-16(14-9-7-6-8-10-14)13(2)19-17(15)18(12)20(3,4)5/h12-18H,6-11H2,1-5H3. The number of hydrogen-bond acceptors (Lipinski definition) is 1. The summed E-state index contributed by atoms with van der Waals surface area (Å²) in [6.07, 6.45) is 9.19. The van der Waals surface area contributed by atoms with Crippen LogP contribution in [0.3, 0.4) is 0 Å². The molecule has 0 radical (unpaired) electrons. The molecule has 116 valence electrons. The predicted octanol–water partition coefficient (Wildman–Crippen LogP) is 6.05. The lowest BCUT2D eigenvalue weighted by Gasteiger charge is -2.33. The fraction of sp³-hybridized carbons (Fsp3) is 1.00. The maximum atomic E-state index is 2.62. The van der Waals surface area contributed by atoms with Crippen LogP contribution in [-0.4, -0.2) is 18.6 Å². The van der Waals surface area contributed by atoms with Crippen molar-refractivity contribution in [2.75, 3.05) is 0 Å². The van der Waals surface area contributed by atoms with Crippen molar-refractivity contribution >= 4 is 19.8 Å². The Kier molecular flexibility index (Phi) is 4.36. The summed E-state index contributed by atoms with van der Waals surface area (Å²) >= 11 is 2.41. The molecule has 0 aromatic heterocycles. The molecule has 0 N–H and O–H groups in total. The van der Waals surface area contributed by atoms with E-state index in [9.17, 15) is 0 Å². The topological polar surface area (TPSA) is 0 Å². The van der Waals surface area contributed by atoms with Gasteiger partial charge in [-0.2, -0.15) is 11.8 Å². The van der Waals surface area contributed by atoms with Crippen molar-refractivity contribution in [1.29, 1.82) is 0 Å². The highest BCUT2D eigenvalue weighted by molar-refractivity contribution is 8.00. The molecule has 0 bridgehead atoms. The highest BCUT2D eigenvalue weighted by atomic mass is 32.2. The van der Waals surface area contributed by atoms with E-state index in [2.05, 4.69) is 45.3 Å². The second kappa shape index (κ2) is 5.65. The first-order chi connectivity index (χ1) is 9.39. The van der Waals surface area contributed by atoms with E-state index in [1.165, 1.54) is 19.3 Å². The highest BCUT2D eigenvalue weighted by Gasteiger charge is 2.56. The summed E-state index contributed by atoms with van der Waals surface area (Å²) in [6, 6.07) is 0. The van der Waals surface area contributed by atoms with Crippen LogP contribution < -0.4 is 0 Å². The molecule has 0 nitrogen and oxygen atoms in total. The lowest BCUT2D eigenvalue weighted by molar-refractivity contribution is 0.189. The molecule has 3 rings (SSSR count). The normalized spacial score (nSPS) is 46.6. The van der Waals surface area contributed by atoms with Gasteiger partial charge in [-0.1, -0.05) is 65.6 Å². The van der Waals surface area contributed by atoms with Gasteiger partial charge in [0.1, 0.15) is 0 Å². The number of rotatable bonds is 2. The largest absolute Gasteiger partial charge is 0.155 e. The third kappa shape index (κ3) is 2.64. The van der Waals surface area contributed by atoms with Gasteiger partial charge < -0.3 is 0 Å². The van der Waals surface area contributed by atoms with Crippen LogP contribution in [0.5, 0.6) is 0 Å². The van der Waals surface area contributed by atoms with Crippen LogP contribution >= 0.6 is 11.8 Å². The maximum Gasteiger partial charge on any atom is 0.0488 e. The van der Waals surface area contributed by atoms with Gasteiger partial charge in [0.2, 0.25) is 0 Å². The summed E-state index contributed by atoms with van der Waals surface area (Å²) in [6.45, 7) is 13.0. The van der Waals surface area contributed by atoms with E-state index in [1.807, 2.05) is 0 Å². The minimum atomic E-state index is -1.00. The fourth-order valence-electron chi connectivity index (χ4n) is 6.15. The molecule has 0 spiro atoms. The smallest absolute Gasteiger partial charge is 0.0488 e. The van der Waals surface area contributed by atoms with E-state index in [0.29, 0.717) is 0 Å². The predicted molar refractivity (Wildman–Crippen MR) is 95.3 cm³/mol. The van der Waals surface area contributed by atoms with E-state index in [1.54, 1.807) is 19.3 Å². The van der Waals surface area contributed by atoms with Crippen LogP contribution in [0.15, 0.2) is 0 Å². The Morgan fingerprint density at radius 3 is 2.20 bits per heavy atom. The van der Waals surface area contributed by atoms with Crippen molar-refractivity contribution < 1.29 is 0 Å². The third-order valence-corrected chi connectivity index (χ3v) is 11.5. The van der Waals surface area contributed by atoms with Crippen molar-refractivity contribution in [2.45, 2.75) is 88.1 Å². The van der Waals surface area contributed by atoms with Gasteiger partial charge in [0.25, 0.3) is 0 Å². The van der Waals surface area contributed by atoms with E-state index in [4.69, 9.17) is 0 Å². The van der Waals surface area contributed by atoms with E-state index in [0.717, 1.165) is 39.7 Å². The molecule has 0 amide bonds. The summed E-state index contributed by atoms with van der Waals surface area (Å²) in [5.74, 6) is 4.22. The second-order valence-corrected chi connectivity index (χ2v) is 16.0. The van der Waals surface area contributed by atoms with Crippen LogP contribution in [0.4, 0.5) is 0 Å². The van der Waals surface area contributed by atoms with Gasteiger partial charge in [0, 0.05) is 18.6 Å². The van der Waals surface area contributed by atoms with Gasteiger partial charge in [0.05, 0.1) is 0 Å². The van der Waals surface area contributed by atoms with Gasteiger partial charge in [-0.05, 0) is 35.6 Å². The summed E-state index contributed by atoms with van der Waals surface area (Å²) < 4.78 is 0. The molecule has 6 unspecified atom stereocenters. The molecule has 20 heavy (non-hydrogen) atoms. The molecule has 2 saturated carbocycles. The molecule has 2 aliphatic carbocycles. The Morgan fingerprint density at radius 2 is 1.60 bits per heavy atom. The Balaban J connectivity index is 1.79. The van der Waals surface area contributed by atoms with E-state index < -0.39 is 8.07 Å². The average molecular weight is 311 g/mol. The third-order valence-electron chi connectivity index (χ3n) is 6.64. The summed E-state index contributed by atoms with van der Waals surface area (Å²) in [7, 11) is -1.00. The number of fused-ring (bicyclic) bond motifs is 1. The molecule has 1 aliphatic heterocycles. The van der Waals surface area contributed by atoms with Crippen LogP contribution in [-0.2, 0) is 0 Å². The van der Waals surface area contributed by atoms with Crippen LogP contribution in [0.25, 0.3) is 0 Å². The Labute approximate surface area is 131 Å². The zero-order chi connectivity index (χ0) is 14.5. The maximum absolute atomic E-state index is 2.62. The molecular formula is C18H34SSi. The zero-order valence-corrected chi connectivity index (χ0v) is 16.0. The Hall–Kier alpha value is 0.567. The zero-order valence-electron chi connectivity index (χ0n) is 14.2. The van der Waals surface area contributed by atoms with E-state index in [-0.39, 0.29) is 0 Å². The Bertz CT molecular complexity index is 342. The van der Waals surface area contributed by atoms with E-state index >= 15 is 0 Å². The first-order valence-corrected chi connectivity index (χ1v) is 13.6. The monoisotopic (exact) mass is 310 g/mol. The molecule has 1 heterocycles. The van der Waals surface area contributed by atoms with Crippen molar-refractivity contribution in [2.24, 2.45) is 23.7 Å². The first-order valence-electron chi connectivity index (χ1n) is 9.05. The average Bonchev–Trinajstić information content (AvgIpc) is 2.81. The first kappa shape index (κ1) is 15.5. The molecular weight excluding hydrogens is 276 g/mol. The number of hydrogen-bond donors (Lipinski definition) is 0. The second-order valence-electron chi connectivity index (χ2n) is 9.05. The van der Waals surface area contributed by atoms with Gasteiger partial charge >= 0.3 is 0 Å². The minimum absolute atomic E-state index is 0.944. The van der Waals surface area contributed by atoms with Gasteiger partial charge in [-0.25, -0.2) is 0 Å².